The Hall–Kier alpha value is -4.47. The van der Waals surface area contributed by atoms with Crippen molar-refractivity contribution in [2.45, 2.75) is 26.5 Å². The number of carbonyl (C=O) groups excluding carboxylic acids is 1. The lowest BCUT2D eigenvalue weighted by molar-refractivity contribution is 0.102. The van der Waals surface area contributed by atoms with Crippen molar-refractivity contribution in [3.8, 4) is 11.5 Å². The van der Waals surface area contributed by atoms with E-state index in [1.54, 1.807) is 30.6 Å². The number of aromatic amines is 1. The van der Waals surface area contributed by atoms with Gasteiger partial charge in [0.15, 0.2) is 11.5 Å². The molecule has 4 rings (SSSR count). The Morgan fingerprint density at radius 3 is 2.74 bits per heavy atom. The van der Waals surface area contributed by atoms with Gasteiger partial charge < -0.3 is 14.8 Å². The molecule has 1 amide bonds. The van der Waals surface area contributed by atoms with Gasteiger partial charge in [-0.25, -0.2) is 9.78 Å². The summed E-state index contributed by atoms with van der Waals surface area (Å²) < 4.78 is 12.6. The molecule has 0 bridgehead atoms. The van der Waals surface area contributed by atoms with Gasteiger partial charge in [0.1, 0.15) is 12.3 Å². The maximum absolute atomic E-state index is 12.9. The molecular formula is C24H23N5O5. The van der Waals surface area contributed by atoms with E-state index in [9.17, 15) is 14.4 Å². The number of ether oxygens (including phenoxy) is 2. The minimum absolute atomic E-state index is 0.163. The zero-order valence-corrected chi connectivity index (χ0v) is 18.7. The molecule has 0 saturated carbocycles. The van der Waals surface area contributed by atoms with Crippen molar-refractivity contribution in [2.75, 3.05) is 12.4 Å². The van der Waals surface area contributed by atoms with E-state index in [2.05, 4.69) is 20.3 Å². The van der Waals surface area contributed by atoms with E-state index in [1.807, 2.05) is 19.1 Å². The van der Waals surface area contributed by atoms with Crippen molar-refractivity contribution >= 4 is 22.6 Å². The summed E-state index contributed by atoms with van der Waals surface area (Å²) in [5.74, 6) is 0.487. The van der Waals surface area contributed by atoms with Gasteiger partial charge in [-0.1, -0.05) is 13.0 Å². The Bertz CT molecular complexity index is 1450. The highest BCUT2D eigenvalue weighted by Gasteiger charge is 2.14. The highest BCUT2D eigenvalue weighted by atomic mass is 16.5. The maximum Gasteiger partial charge on any atom is 0.329 e. The number of nitrogens with one attached hydrogen (secondary N) is 2. The van der Waals surface area contributed by atoms with E-state index in [0.717, 1.165) is 5.56 Å². The summed E-state index contributed by atoms with van der Waals surface area (Å²) in [5, 5.41) is 2.94. The molecule has 0 atom stereocenters. The molecule has 0 aliphatic heterocycles. The Labute approximate surface area is 194 Å². The molecule has 0 radical (unpaired) electrons. The van der Waals surface area contributed by atoms with Crippen LogP contribution in [0.2, 0.25) is 0 Å². The normalized spacial score (nSPS) is 10.8. The van der Waals surface area contributed by atoms with E-state index in [0.29, 0.717) is 30.2 Å². The number of H-pyrrole nitrogens is 1. The van der Waals surface area contributed by atoms with Crippen molar-refractivity contribution in [2.24, 2.45) is 0 Å². The van der Waals surface area contributed by atoms with E-state index in [4.69, 9.17) is 9.47 Å². The second kappa shape index (κ2) is 9.99. The number of benzene rings is 1. The topological polar surface area (TPSA) is 128 Å². The molecule has 0 spiro atoms. The largest absolute Gasteiger partial charge is 0.493 e. The number of rotatable bonds is 8. The van der Waals surface area contributed by atoms with Crippen molar-refractivity contribution in [3.05, 3.63) is 87.0 Å². The van der Waals surface area contributed by atoms with E-state index < -0.39 is 17.2 Å². The number of pyridine rings is 2. The predicted molar refractivity (Wildman–Crippen MR) is 126 cm³/mol. The van der Waals surface area contributed by atoms with Gasteiger partial charge in [-0.15, -0.1) is 0 Å². The quantitative estimate of drug-likeness (QED) is 0.413. The molecule has 2 N–H and O–H groups in total. The first-order chi connectivity index (χ1) is 16.5. The fourth-order valence-corrected chi connectivity index (χ4v) is 3.44. The number of amides is 1. The first-order valence-electron chi connectivity index (χ1n) is 10.6. The minimum Gasteiger partial charge on any atom is -0.493 e. The molecule has 3 aromatic heterocycles. The smallest absolute Gasteiger partial charge is 0.329 e. The molecule has 10 nitrogen and oxygen atoms in total. The van der Waals surface area contributed by atoms with Crippen LogP contribution >= 0.6 is 0 Å². The lowest BCUT2D eigenvalue weighted by atomic mass is 10.2. The van der Waals surface area contributed by atoms with Crippen LogP contribution in [0.1, 0.15) is 29.3 Å². The summed E-state index contributed by atoms with van der Waals surface area (Å²) in [5.41, 5.74) is 0.645. The Morgan fingerprint density at radius 1 is 1.15 bits per heavy atom. The molecule has 3 heterocycles. The van der Waals surface area contributed by atoms with Crippen LogP contribution in [0.5, 0.6) is 11.5 Å². The minimum atomic E-state index is -0.593. The van der Waals surface area contributed by atoms with Gasteiger partial charge in [-0.05, 0) is 30.7 Å². The summed E-state index contributed by atoms with van der Waals surface area (Å²) in [6, 6.07) is 10.1. The number of carbonyl (C=O) groups is 1. The summed E-state index contributed by atoms with van der Waals surface area (Å²) in [6.45, 7) is 2.59. The highest BCUT2D eigenvalue weighted by molar-refractivity contribution is 6.05. The third-order valence-electron chi connectivity index (χ3n) is 5.08. The number of hydrogen-bond acceptors (Lipinski definition) is 7. The van der Waals surface area contributed by atoms with Crippen LogP contribution in [0.3, 0.4) is 0 Å². The molecule has 1 aromatic carbocycles. The molecule has 0 saturated heterocycles. The van der Waals surface area contributed by atoms with Gasteiger partial charge in [0.25, 0.3) is 11.5 Å². The van der Waals surface area contributed by atoms with E-state index in [-0.39, 0.29) is 23.2 Å². The van der Waals surface area contributed by atoms with Crippen LogP contribution < -0.4 is 26.0 Å². The highest BCUT2D eigenvalue weighted by Crippen LogP contribution is 2.31. The Morgan fingerprint density at radius 2 is 2.00 bits per heavy atom. The zero-order chi connectivity index (χ0) is 24.1. The van der Waals surface area contributed by atoms with Gasteiger partial charge >= 0.3 is 5.69 Å². The van der Waals surface area contributed by atoms with Crippen molar-refractivity contribution in [3.63, 3.8) is 0 Å². The number of anilines is 1. The van der Waals surface area contributed by atoms with Crippen LogP contribution in [0, 0.1) is 0 Å². The van der Waals surface area contributed by atoms with Gasteiger partial charge in [0.2, 0.25) is 0 Å². The Balaban J connectivity index is 1.58. The van der Waals surface area contributed by atoms with Crippen LogP contribution in [-0.2, 0) is 13.2 Å². The predicted octanol–water partition coefficient (Wildman–Crippen LogP) is 2.73. The standard InChI is InChI=1S/C24H23N5O5/c1-3-9-29-21-18(23(31)28-24(29)32)10-16(13-26-21)22(30)27-17-6-7-19(33-2)20(11-17)34-14-15-5-4-8-25-12-15/h4-8,10-13H,3,9,14H2,1-2H3,(H,27,30)(H,28,31,32). The molecule has 0 fully saturated rings. The number of aryl methyl sites for hydroxylation is 1. The number of methoxy groups -OCH3 is 1. The third kappa shape index (κ3) is 4.80. The van der Waals surface area contributed by atoms with Crippen LogP contribution in [0.25, 0.3) is 11.0 Å². The second-order valence-corrected chi connectivity index (χ2v) is 7.48. The summed E-state index contributed by atoms with van der Waals surface area (Å²) >= 11 is 0. The van der Waals surface area contributed by atoms with Crippen molar-refractivity contribution < 1.29 is 14.3 Å². The maximum atomic E-state index is 12.9. The molecule has 4 aromatic rings. The fraction of sp³-hybridized carbons (Fsp3) is 0.208. The summed E-state index contributed by atoms with van der Waals surface area (Å²) in [7, 11) is 1.53. The number of aromatic nitrogens is 4. The van der Waals surface area contributed by atoms with Crippen LogP contribution in [0.15, 0.2) is 64.6 Å². The number of hydrogen-bond donors (Lipinski definition) is 2. The van der Waals surface area contributed by atoms with Crippen molar-refractivity contribution in [1.29, 1.82) is 0 Å². The van der Waals surface area contributed by atoms with Crippen molar-refractivity contribution in [1.82, 2.24) is 19.5 Å². The molecule has 34 heavy (non-hydrogen) atoms. The average Bonchev–Trinajstić information content (AvgIpc) is 2.85. The Kier molecular flexibility index (Phi) is 6.67. The monoisotopic (exact) mass is 461 g/mol. The fourth-order valence-electron chi connectivity index (χ4n) is 3.44. The average molecular weight is 461 g/mol. The molecular weight excluding hydrogens is 438 g/mol. The summed E-state index contributed by atoms with van der Waals surface area (Å²) in [6.07, 6.45) is 5.41. The number of fused-ring (bicyclic) bond motifs is 1. The van der Waals surface area contributed by atoms with E-state index in [1.165, 1.54) is 23.9 Å². The molecule has 0 unspecified atom stereocenters. The second-order valence-electron chi connectivity index (χ2n) is 7.48. The van der Waals surface area contributed by atoms with Crippen LogP contribution in [-0.4, -0.2) is 32.5 Å². The lowest BCUT2D eigenvalue weighted by Crippen LogP contribution is -2.31. The van der Waals surface area contributed by atoms with Gasteiger partial charge in [0, 0.05) is 42.5 Å². The molecule has 0 aliphatic carbocycles. The van der Waals surface area contributed by atoms with Gasteiger partial charge in [-0.2, -0.15) is 0 Å². The SMILES string of the molecule is CCCn1c(=O)[nH]c(=O)c2cc(C(=O)Nc3ccc(OC)c(OCc4cccnc4)c3)cnc21. The lowest BCUT2D eigenvalue weighted by Gasteiger charge is -2.13. The first-order valence-corrected chi connectivity index (χ1v) is 10.6. The molecule has 174 valence electrons. The van der Waals surface area contributed by atoms with Crippen LogP contribution in [0.4, 0.5) is 5.69 Å². The molecule has 10 heteroatoms. The third-order valence-corrected chi connectivity index (χ3v) is 5.08. The number of nitrogens with zero attached hydrogens (tertiary/aromatic N) is 3. The zero-order valence-electron chi connectivity index (χ0n) is 18.7. The van der Waals surface area contributed by atoms with E-state index >= 15 is 0 Å². The summed E-state index contributed by atoms with van der Waals surface area (Å²) in [4.78, 5) is 47.9. The van der Waals surface area contributed by atoms with Gasteiger partial charge in [-0.3, -0.25) is 24.1 Å². The first kappa shape index (κ1) is 22.7. The van der Waals surface area contributed by atoms with Gasteiger partial charge in [0.05, 0.1) is 18.1 Å². The molecule has 0 aliphatic rings.